The molecule has 0 aromatic heterocycles. The lowest BCUT2D eigenvalue weighted by molar-refractivity contribution is -0.115. The molecule has 0 aliphatic carbocycles. The molecule has 2 aromatic rings. The summed E-state index contributed by atoms with van der Waals surface area (Å²) in [6, 6.07) is 14.8. The first-order valence-electron chi connectivity index (χ1n) is 7.19. The number of rotatable bonds is 5. The van der Waals surface area contributed by atoms with Crippen LogP contribution in [0.3, 0.4) is 0 Å². The molecule has 124 valence electrons. The second-order valence-electron chi connectivity index (χ2n) is 4.75. The molecule has 0 aliphatic rings. The summed E-state index contributed by atoms with van der Waals surface area (Å²) in [6.45, 7) is 0. The molecule has 0 bridgehead atoms. The van der Waals surface area contributed by atoms with E-state index < -0.39 is 0 Å². The van der Waals surface area contributed by atoms with E-state index in [1.165, 1.54) is 6.08 Å². The van der Waals surface area contributed by atoms with Crippen molar-refractivity contribution < 1.29 is 14.3 Å². The minimum atomic E-state index is -0.316. The molecule has 2 aromatic carbocycles. The van der Waals surface area contributed by atoms with E-state index in [1.807, 2.05) is 30.3 Å². The third kappa shape index (κ3) is 5.10. The Hall–Kier alpha value is -2.86. The van der Waals surface area contributed by atoms with Gasteiger partial charge in [0, 0.05) is 12.1 Å². The Bertz CT molecular complexity index is 745. The molecule has 0 fully saturated rings. The Labute approximate surface area is 146 Å². The highest BCUT2D eigenvalue weighted by atomic mass is 32.1. The lowest BCUT2D eigenvalue weighted by Gasteiger charge is -2.13. The zero-order chi connectivity index (χ0) is 17.4. The molecule has 0 heterocycles. The molecule has 6 heteroatoms. The standard InChI is InChI=1S/C18H18N2O3S/c1-22-14-9-10-15(16(12-14)23-2)19-18(24)20-17(21)11-8-13-6-4-3-5-7-13/h3-12H,1-2H3,(H2,19,20,21,24). The summed E-state index contributed by atoms with van der Waals surface area (Å²) in [5, 5.41) is 5.69. The normalized spacial score (nSPS) is 10.2. The Kier molecular flexibility index (Phi) is 6.33. The monoisotopic (exact) mass is 342 g/mol. The topological polar surface area (TPSA) is 59.6 Å². The fourth-order valence-electron chi connectivity index (χ4n) is 1.94. The smallest absolute Gasteiger partial charge is 0.250 e. The van der Waals surface area contributed by atoms with E-state index in [2.05, 4.69) is 10.6 Å². The summed E-state index contributed by atoms with van der Waals surface area (Å²) >= 11 is 5.15. The molecule has 0 unspecified atom stereocenters. The van der Waals surface area contributed by atoms with E-state index in [9.17, 15) is 4.79 Å². The quantitative estimate of drug-likeness (QED) is 0.645. The Balaban J connectivity index is 1.95. The van der Waals surface area contributed by atoms with Crippen molar-refractivity contribution in [1.82, 2.24) is 5.32 Å². The molecule has 0 spiro atoms. The highest BCUT2D eigenvalue weighted by molar-refractivity contribution is 7.80. The van der Waals surface area contributed by atoms with Gasteiger partial charge in [0.05, 0.1) is 19.9 Å². The van der Waals surface area contributed by atoms with Crippen LogP contribution in [-0.4, -0.2) is 25.2 Å². The van der Waals surface area contributed by atoms with Gasteiger partial charge in [-0.1, -0.05) is 30.3 Å². The van der Waals surface area contributed by atoms with E-state index in [0.29, 0.717) is 17.2 Å². The van der Waals surface area contributed by atoms with Gasteiger partial charge in [-0.05, 0) is 36.0 Å². The van der Waals surface area contributed by atoms with Crippen LogP contribution in [-0.2, 0) is 4.79 Å². The maximum Gasteiger partial charge on any atom is 0.250 e. The van der Waals surface area contributed by atoms with Crippen molar-refractivity contribution in [2.45, 2.75) is 0 Å². The number of benzene rings is 2. The van der Waals surface area contributed by atoms with Crippen molar-refractivity contribution in [2.24, 2.45) is 0 Å². The second-order valence-corrected chi connectivity index (χ2v) is 5.16. The molecule has 0 radical (unpaired) electrons. The number of carbonyl (C=O) groups is 1. The average Bonchev–Trinajstić information content (AvgIpc) is 2.61. The highest BCUT2D eigenvalue weighted by Crippen LogP contribution is 2.28. The van der Waals surface area contributed by atoms with Gasteiger partial charge < -0.3 is 14.8 Å². The molecule has 0 aliphatic heterocycles. The summed E-state index contributed by atoms with van der Waals surface area (Å²) < 4.78 is 10.4. The van der Waals surface area contributed by atoms with Crippen LogP contribution in [0.2, 0.25) is 0 Å². The molecule has 5 nitrogen and oxygen atoms in total. The van der Waals surface area contributed by atoms with Crippen LogP contribution in [0.15, 0.2) is 54.6 Å². The van der Waals surface area contributed by atoms with Crippen molar-refractivity contribution in [3.63, 3.8) is 0 Å². The van der Waals surface area contributed by atoms with E-state index in [4.69, 9.17) is 21.7 Å². The van der Waals surface area contributed by atoms with Gasteiger partial charge in [0.1, 0.15) is 11.5 Å². The first kappa shape index (κ1) is 17.5. The second kappa shape index (κ2) is 8.69. The minimum absolute atomic E-state index is 0.182. The number of thiocarbonyl (C=S) groups is 1. The van der Waals surface area contributed by atoms with Crippen LogP contribution in [0.4, 0.5) is 5.69 Å². The molecule has 2 rings (SSSR count). The minimum Gasteiger partial charge on any atom is -0.497 e. The third-order valence-corrected chi connectivity index (χ3v) is 3.32. The van der Waals surface area contributed by atoms with Gasteiger partial charge in [-0.3, -0.25) is 10.1 Å². The molecular formula is C18H18N2O3S. The van der Waals surface area contributed by atoms with Crippen LogP contribution < -0.4 is 20.1 Å². The number of methoxy groups -OCH3 is 2. The van der Waals surface area contributed by atoms with E-state index >= 15 is 0 Å². The molecule has 2 N–H and O–H groups in total. The summed E-state index contributed by atoms with van der Waals surface area (Å²) in [4.78, 5) is 11.9. The maximum absolute atomic E-state index is 11.9. The van der Waals surface area contributed by atoms with E-state index in [1.54, 1.807) is 38.5 Å². The SMILES string of the molecule is COc1ccc(NC(=S)NC(=O)C=Cc2ccccc2)c(OC)c1. The maximum atomic E-state index is 11.9. The van der Waals surface area contributed by atoms with Gasteiger partial charge in [0.15, 0.2) is 5.11 Å². The molecule has 24 heavy (non-hydrogen) atoms. The lowest BCUT2D eigenvalue weighted by atomic mass is 10.2. The van der Waals surface area contributed by atoms with Crippen molar-refractivity contribution in [2.75, 3.05) is 19.5 Å². The zero-order valence-electron chi connectivity index (χ0n) is 13.4. The lowest BCUT2D eigenvalue weighted by Crippen LogP contribution is -2.32. The van der Waals surface area contributed by atoms with Crippen LogP contribution in [0, 0.1) is 0 Å². The molecular weight excluding hydrogens is 324 g/mol. The predicted octanol–water partition coefficient (Wildman–Crippen LogP) is 3.23. The van der Waals surface area contributed by atoms with Gasteiger partial charge in [-0.2, -0.15) is 0 Å². The van der Waals surface area contributed by atoms with Crippen molar-refractivity contribution in [3.05, 3.63) is 60.2 Å². The first-order chi connectivity index (χ1) is 11.6. The number of nitrogens with one attached hydrogen (secondary N) is 2. The predicted molar refractivity (Wildman–Crippen MR) is 99.4 cm³/mol. The van der Waals surface area contributed by atoms with Crippen LogP contribution in [0.5, 0.6) is 11.5 Å². The van der Waals surface area contributed by atoms with Crippen molar-refractivity contribution in [3.8, 4) is 11.5 Å². The average molecular weight is 342 g/mol. The van der Waals surface area contributed by atoms with Gasteiger partial charge in [0.2, 0.25) is 5.91 Å². The summed E-state index contributed by atoms with van der Waals surface area (Å²) in [5.74, 6) is 0.910. The summed E-state index contributed by atoms with van der Waals surface area (Å²) in [5.41, 5.74) is 1.57. The number of amides is 1. The Morgan fingerprint density at radius 3 is 2.50 bits per heavy atom. The Morgan fingerprint density at radius 2 is 1.83 bits per heavy atom. The number of ether oxygens (including phenoxy) is 2. The van der Waals surface area contributed by atoms with E-state index in [-0.39, 0.29) is 11.0 Å². The number of carbonyl (C=O) groups excluding carboxylic acids is 1. The molecule has 0 saturated carbocycles. The van der Waals surface area contributed by atoms with Crippen LogP contribution >= 0.6 is 12.2 Å². The molecule has 1 amide bonds. The van der Waals surface area contributed by atoms with Gasteiger partial charge in [-0.15, -0.1) is 0 Å². The van der Waals surface area contributed by atoms with Crippen molar-refractivity contribution >= 4 is 35.0 Å². The fourth-order valence-corrected chi connectivity index (χ4v) is 2.16. The summed E-state index contributed by atoms with van der Waals surface area (Å²) in [7, 11) is 3.12. The number of anilines is 1. The third-order valence-electron chi connectivity index (χ3n) is 3.12. The van der Waals surface area contributed by atoms with Crippen LogP contribution in [0.1, 0.15) is 5.56 Å². The van der Waals surface area contributed by atoms with Gasteiger partial charge in [0.25, 0.3) is 0 Å². The van der Waals surface area contributed by atoms with Gasteiger partial charge >= 0.3 is 0 Å². The zero-order valence-corrected chi connectivity index (χ0v) is 14.2. The molecule has 0 atom stereocenters. The largest absolute Gasteiger partial charge is 0.497 e. The first-order valence-corrected chi connectivity index (χ1v) is 7.60. The Morgan fingerprint density at radius 1 is 1.08 bits per heavy atom. The number of hydrogen-bond acceptors (Lipinski definition) is 4. The highest BCUT2D eigenvalue weighted by Gasteiger charge is 2.08. The van der Waals surface area contributed by atoms with Gasteiger partial charge in [-0.25, -0.2) is 0 Å². The number of hydrogen-bond donors (Lipinski definition) is 2. The van der Waals surface area contributed by atoms with Crippen LogP contribution in [0.25, 0.3) is 6.08 Å². The summed E-state index contributed by atoms with van der Waals surface area (Å²) in [6.07, 6.45) is 3.14. The fraction of sp³-hybridized carbons (Fsp3) is 0.111. The molecule has 0 saturated heterocycles. The van der Waals surface area contributed by atoms with E-state index in [0.717, 1.165) is 5.56 Å². The van der Waals surface area contributed by atoms with Crippen molar-refractivity contribution in [1.29, 1.82) is 0 Å².